The number of aromatic nitrogens is 4. The fraction of sp³-hybridized carbons (Fsp3) is 0.227. The molecule has 0 aliphatic rings. The van der Waals surface area contributed by atoms with Gasteiger partial charge in [0.25, 0.3) is 0 Å². The minimum absolute atomic E-state index is 0.698. The van der Waals surface area contributed by atoms with E-state index in [4.69, 9.17) is 14.5 Å². The second-order valence-electron chi connectivity index (χ2n) is 6.70. The van der Waals surface area contributed by atoms with Crippen LogP contribution < -0.4 is 9.47 Å². The minimum atomic E-state index is 0.698. The van der Waals surface area contributed by atoms with Gasteiger partial charge in [-0.2, -0.15) is 0 Å². The monoisotopic (exact) mass is 438 g/mol. The van der Waals surface area contributed by atoms with Crippen molar-refractivity contribution in [3.63, 3.8) is 0 Å². The molecule has 2 aromatic heterocycles. The van der Waals surface area contributed by atoms with Crippen LogP contribution in [0, 0.1) is 6.92 Å². The number of para-hydroxylation sites is 1. The van der Waals surface area contributed by atoms with Gasteiger partial charge in [0.15, 0.2) is 22.5 Å². The molecule has 0 bridgehead atoms. The van der Waals surface area contributed by atoms with Crippen LogP contribution in [0.2, 0.25) is 0 Å². The van der Waals surface area contributed by atoms with E-state index in [2.05, 4.69) is 46.8 Å². The lowest BCUT2D eigenvalue weighted by molar-refractivity contribution is 0.356. The molecule has 4 aromatic rings. The fourth-order valence-corrected chi connectivity index (χ4v) is 4.84. The first-order valence-corrected chi connectivity index (χ1v) is 11.2. The summed E-state index contributed by atoms with van der Waals surface area (Å²) in [6, 6.07) is 14.1. The highest BCUT2D eigenvalue weighted by atomic mass is 32.2. The van der Waals surface area contributed by atoms with Crippen molar-refractivity contribution in [3.8, 4) is 33.5 Å². The lowest BCUT2D eigenvalue weighted by atomic mass is 10.1. The lowest BCUT2D eigenvalue weighted by Crippen LogP contribution is -1.95. The number of thioether (sulfide) groups is 1. The number of nitrogens with zero attached hydrogens (tertiary/aromatic N) is 4. The van der Waals surface area contributed by atoms with Gasteiger partial charge in [-0.25, -0.2) is 4.98 Å². The largest absolute Gasteiger partial charge is 0.493 e. The molecule has 0 fully saturated rings. The van der Waals surface area contributed by atoms with Gasteiger partial charge in [-0.15, -0.1) is 21.5 Å². The second kappa shape index (κ2) is 8.89. The van der Waals surface area contributed by atoms with Gasteiger partial charge in [0.1, 0.15) is 5.01 Å². The number of ether oxygens (including phenoxy) is 2. The van der Waals surface area contributed by atoms with Crippen LogP contribution in [-0.2, 0) is 12.8 Å². The Balaban J connectivity index is 1.50. The minimum Gasteiger partial charge on any atom is -0.493 e. The quantitative estimate of drug-likeness (QED) is 0.369. The molecule has 0 saturated heterocycles. The lowest BCUT2D eigenvalue weighted by Gasteiger charge is -2.10. The Labute approximate surface area is 183 Å². The smallest absolute Gasteiger partial charge is 0.191 e. The number of hydrogen-bond acceptors (Lipinski definition) is 7. The molecule has 30 heavy (non-hydrogen) atoms. The van der Waals surface area contributed by atoms with Gasteiger partial charge in [-0.1, -0.05) is 47.7 Å². The predicted octanol–water partition coefficient (Wildman–Crippen LogP) is 5.22. The first-order valence-electron chi connectivity index (χ1n) is 9.35. The molecule has 0 N–H and O–H groups in total. The van der Waals surface area contributed by atoms with E-state index in [1.54, 1.807) is 37.3 Å². The summed E-state index contributed by atoms with van der Waals surface area (Å²) in [6.45, 7) is 2.07. The van der Waals surface area contributed by atoms with Crippen LogP contribution in [0.25, 0.3) is 22.0 Å². The zero-order chi connectivity index (χ0) is 21.1. The Morgan fingerprint density at radius 1 is 1.03 bits per heavy atom. The van der Waals surface area contributed by atoms with Crippen LogP contribution in [0.15, 0.2) is 53.0 Å². The molecule has 0 atom stereocenters. The number of hydrogen-bond donors (Lipinski definition) is 0. The third-order valence-electron chi connectivity index (χ3n) is 4.68. The third-order valence-corrected chi connectivity index (χ3v) is 6.66. The Hall–Kier alpha value is -2.84. The van der Waals surface area contributed by atoms with E-state index >= 15 is 0 Å². The van der Waals surface area contributed by atoms with Crippen molar-refractivity contribution in [1.29, 1.82) is 0 Å². The summed E-state index contributed by atoms with van der Waals surface area (Å²) in [4.78, 5) is 4.79. The number of thiazole rings is 1. The number of rotatable bonds is 7. The Kier molecular flexibility index (Phi) is 6.06. The molecular formula is C22H22N4O2S2. The Bertz CT molecular complexity index is 1150. The molecule has 8 heteroatoms. The van der Waals surface area contributed by atoms with E-state index in [0.29, 0.717) is 17.3 Å². The predicted molar refractivity (Wildman–Crippen MR) is 121 cm³/mol. The summed E-state index contributed by atoms with van der Waals surface area (Å²) in [5.74, 6) is 2.97. The molecule has 0 aliphatic carbocycles. The molecule has 0 aliphatic heterocycles. The third kappa shape index (κ3) is 4.06. The van der Waals surface area contributed by atoms with Crippen molar-refractivity contribution in [2.75, 3.05) is 14.2 Å². The van der Waals surface area contributed by atoms with E-state index in [1.165, 1.54) is 5.56 Å². The van der Waals surface area contributed by atoms with Crippen molar-refractivity contribution in [2.45, 2.75) is 17.8 Å². The van der Waals surface area contributed by atoms with E-state index in [-0.39, 0.29) is 0 Å². The highest BCUT2D eigenvalue weighted by Crippen LogP contribution is 2.39. The summed E-state index contributed by atoms with van der Waals surface area (Å²) >= 11 is 3.21. The number of benzene rings is 2. The highest BCUT2D eigenvalue weighted by Gasteiger charge is 2.16. The first kappa shape index (κ1) is 20.4. The van der Waals surface area contributed by atoms with Crippen molar-refractivity contribution in [3.05, 3.63) is 59.1 Å². The van der Waals surface area contributed by atoms with Crippen molar-refractivity contribution < 1.29 is 9.47 Å². The summed E-state index contributed by atoms with van der Waals surface area (Å²) in [5.41, 5.74) is 4.20. The SMILES string of the molecule is COc1cccc(-c2nc(CSc3nnc(-c4ccc(C)cc4)n3C)cs2)c1OC. The maximum atomic E-state index is 5.54. The molecule has 0 saturated carbocycles. The molecule has 0 unspecified atom stereocenters. The maximum Gasteiger partial charge on any atom is 0.191 e. The van der Waals surface area contributed by atoms with Crippen LogP contribution >= 0.6 is 23.1 Å². The fourth-order valence-electron chi connectivity index (χ4n) is 3.09. The number of aryl methyl sites for hydroxylation is 1. The van der Waals surface area contributed by atoms with Gasteiger partial charge in [-0.05, 0) is 19.1 Å². The molecule has 0 amide bonds. The standard InChI is InChI=1S/C22H22N4O2S2/c1-14-8-10-15(11-9-14)20-24-25-22(26(20)2)30-13-16-12-29-21(23-16)17-6-5-7-18(27-3)19(17)28-4/h5-12H,13H2,1-4H3. The molecule has 6 nitrogen and oxygen atoms in total. The van der Waals surface area contributed by atoms with Crippen LogP contribution in [0.5, 0.6) is 11.5 Å². The summed E-state index contributed by atoms with van der Waals surface area (Å²) in [5, 5.41) is 12.6. The van der Waals surface area contributed by atoms with Crippen molar-refractivity contribution in [2.24, 2.45) is 7.05 Å². The zero-order valence-electron chi connectivity index (χ0n) is 17.2. The molecule has 2 aromatic carbocycles. The van der Waals surface area contributed by atoms with Gasteiger partial charge in [-0.3, -0.25) is 0 Å². The van der Waals surface area contributed by atoms with Crippen LogP contribution in [0.4, 0.5) is 0 Å². The average Bonchev–Trinajstić information content (AvgIpc) is 3.39. The van der Waals surface area contributed by atoms with Crippen molar-refractivity contribution >= 4 is 23.1 Å². The van der Waals surface area contributed by atoms with Gasteiger partial charge in [0.2, 0.25) is 0 Å². The average molecular weight is 439 g/mol. The molecular weight excluding hydrogens is 416 g/mol. The first-order chi connectivity index (χ1) is 14.6. The van der Waals surface area contributed by atoms with Crippen molar-refractivity contribution in [1.82, 2.24) is 19.7 Å². The van der Waals surface area contributed by atoms with Crippen LogP contribution in [-0.4, -0.2) is 34.0 Å². The molecule has 154 valence electrons. The topological polar surface area (TPSA) is 62.1 Å². The normalized spacial score (nSPS) is 10.9. The molecule has 0 radical (unpaired) electrons. The van der Waals surface area contributed by atoms with Crippen LogP contribution in [0.1, 0.15) is 11.3 Å². The number of methoxy groups -OCH3 is 2. The Morgan fingerprint density at radius 3 is 2.57 bits per heavy atom. The van der Waals surface area contributed by atoms with Gasteiger partial charge in [0, 0.05) is 23.7 Å². The van der Waals surface area contributed by atoms with E-state index in [9.17, 15) is 0 Å². The Morgan fingerprint density at radius 2 is 1.83 bits per heavy atom. The van der Waals surface area contributed by atoms with Gasteiger partial charge >= 0.3 is 0 Å². The maximum absolute atomic E-state index is 5.54. The second-order valence-corrected chi connectivity index (χ2v) is 8.51. The zero-order valence-corrected chi connectivity index (χ0v) is 18.9. The summed E-state index contributed by atoms with van der Waals surface area (Å²) < 4.78 is 13.0. The molecule has 4 rings (SSSR count). The van der Waals surface area contributed by atoms with E-state index in [1.807, 2.05) is 29.8 Å². The van der Waals surface area contributed by atoms with E-state index in [0.717, 1.165) is 32.8 Å². The summed E-state index contributed by atoms with van der Waals surface area (Å²) in [6.07, 6.45) is 0. The van der Waals surface area contributed by atoms with E-state index < -0.39 is 0 Å². The molecule has 2 heterocycles. The summed E-state index contributed by atoms with van der Waals surface area (Å²) in [7, 11) is 5.27. The highest BCUT2D eigenvalue weighted by molar-refractivity contribution is 7.98. The molecule has 0 spiro atoms. The van der Waals surface area contributed by atoms with Gasteiger partial charge < -0.3 is 14.0 Å². The van der Waals surface area contributed by atoms with Crippen LogP contribution in [0.3, 0.4) is 0 Å². The van der Waals surface area contributed by atoms with Gasteiger partial charge in [0.05, 0.1) is 25.5 Å².